The second kappa shape index (κ2) is 25.5. The van der Waals surface area contributed by atoms with E-state index in [4.69, 9.17) is 5.73 Å². The van der Waals surface area contributed by atoms with Gasteiger partial charge in [0.25, 0.3) is 6.47 Å². The van der Waals surface area contributed by atoms with Gasteiger partial charge < -0.3 is 41.1 Å². The van der Waals surface area contributed by atoms with Crippen molar-refractivity contribution in [2.75, 3.05) is 38.1 Å². The molecule has 16 heteroatoms. The van der Waals surface area contributed by atoms with Crippen molar-refractivity contribution in [1.29, 1.82) is 0 Å². The van der Waals surface area contributed by atoms with E-state index in [0.29, 0.717) is 51.1 Å². The van der Waals surface area contributed by atoms with Gasteiger partial charge in [-0.05, 0) is 77.8 Å². The monoisotopic (exact) mass is 780 g/mol. The molecule has 0 saturated carbocycles. The lowest BCUT2D eigenvalue weighted by atomic mass is 9.99. The summed E-state index contributed by atoms with van der Waals surface area (Å²) in [6, 6.07) is 11.3. The molecule has 5 N–H and O–H groups in total. The number of aromatic nitrogens is 1. The number of anilines is 1. The quantitative estimate of drug-likeness (QED) is 0.195. The molecule has 1 aromatic heterocycles. The topological polar surface area (TPSA) is 213 Å². The number of nitrogens with two attached hydrogens (primary N) is 1. The van der Waals surface area contributed by atoms with Crippen LogP contribution in [0, 0.1) is 6.92 Å². The summed E-state index contributed by atoms with van der Waals surface area (Å²) in [4.78, 5) is 92.3. The van der Waals surface area contributed by atoms with Gasteiger partial charge >= 0.3 is 6.03 Å². The van der Waals surface area contributed by atoms with E-state index in [9.17, 15) is 33.6 Å². The zero-order valence-corrected chi connectivity index (χ0v) is 33.4. The molecule has 4 atom stereocenters. The number of nitrogens with one attached hydrogen (secondary N) is 3. The van der Waals surface area contributed by atoms with Crippen molar-refractivity contribution >= 4 is 47.7 Å². The molecular weight excluding hydrogens is 720 g/mol. The van der Waals surface area contributed by atoms with E-state index in [1.807, 2.05) is 43.9 Å². The number of hydrogen-bond acceptors (Lipinski definition) is 9. The van der Waals surface area contributed by atoms with Crippen molar-refractivity contribution in [3.8, 4) is 0 Å². The smallest absolute Gasteiger partial charge is 0.319 e. The third-order valence-corrected chi connectivity index (χ3v) is 9.32. The van der Waals surface area contributed by atoms with E-state index in [0.717, 1.165) is 25.7 Å². The van der Waals surface area contributed by atoms with Crippen LogP contribution >= 0.6 is 0 Å². The molecule has 7 amide bonds. The van der Waals surface area contributed by atoms with Gasteiger partial charge in [0, 0.05) is 43.8 Å². The Balaban J connectivity index is 0.000000383. The number of nitrogens with zero attached hydrogens (tertiary/aromatic N) is 4. The maximum atomic E-state index is 13.4. The maximum Gasteiger partial charge on any atom is 0.319 e. The number of rotatable bonds is 11. The molecule has 3 aliphatic heterocycles. The third kappa shape index (κ3) is 15.7. The number of hydrogen-bond donors (Lipinski definition) is 4. The van der Waals surface area contributed by atoms with Crippen LogP contribution in [0.3, 0.4) is 0 Å². The lowest BCUT2D eigenvalue weighted by Gasteiger charge is -2.38. The van der Waals surface area contributed by atoms with Crippen LogP contribution < -0.4 is 21.7 Å². The van der Waals surface area contributed by atoms with Crippen LogP contribution in [0.1, 0.15) is 84.6 Å². The van der Waals surface area contributed by atoms with E-state index in [-0.39, 0.29) is 49.2 Å². The molecular formula is C40H60N8O8. The molecule has 1 aromatic carbocycles. The Kier molecular flexibility index (Phi) is 21.2. The zero-order valence-electron chi connectivity index (χ0n) is 33.4. The van der Waals surface area contributed by atoms with Crippen molar-refractivity contribution in [3.05, 3.63) is 60.4 Å². The normalized spacial score (nSPS) is 18.9. The fourth-order valence-electron chi connectivity index (χ4n) is 6.51. The van der Waals surface area contributed by atoms with E-state index < -0.39 is 30.1 Å². The molecule has 0 aliphatic carbocycles. The fraction of sp³-hybridized carbons (Fsp3) is 0.550. The summed E-state index contributed by atoms with van der Waals surface area (Å²) < 4.78 is 4.62. The second-order valence-corrected chi connectivity index (χ2v) is 13.4. The van der Waals surface area contributed by atoms with Crippen molar-refractivity contribution in [1.82, 2.24) is 30.3 Å². The molecule has 5 rings (SSSR count). The van der Waals surface area contributed by atoms with Crippen LogP contribution in [-0.4, -0.2) is 119 Å². The molecule has 3 saturated heterocycles. The van der Waals surface area contributed by atoms with Crippen LogP contribution in [0.15, 0.2) is 54.9 Å². The third-order valence-electron chi connectivity index (χ3n) is 9.32. The number of benzene rings is 1. The predicted octanol–water partition coefficient (Wildman–Crippen LogP) is 3.15. The molecule has 4 unspecified atom stereocenters. The highest BCUT2D eigenvalue weighted by Gasteiger charge is 2.41. The number of urea groups is 1. The number of likely N-dealkylation sites (tertiary alicyclic amines) is 3. The predicted molar refractivity (Wildman–Crippen MR) is 212 cm³/mol. The molecule has 308 valence electrons. The van der Waals surface area contributed by atoms with Gasteiger partial charge in [-0.3, -0.25) is 33.8 Å². The average Bonchev–Trinajstić information content (AvgIpc) is 3.88. The minimum absolute atomic E-state index is 0.0178. The summed E-state index contributed by atoms with van der Waals surface area (Å²) >= 11 is 0. The number of aryl methyl sites for hydroxylation is 1. The molecule has 0 bridgehead atoms. The van der Waals surface area contributed by atoms with Crippen LogP contribution in [0.5, 0.6) is 0 Å². The summed E-state index contributed by atoms with van der Waals surface area (Å²) in [6.07, 6.45) is 8.46. The van der Waals surface area contributed by atoms with Gasteiger partial charge in [0.2, 0.25) is 29.5 Å². The summed E-state index contributed by atoms with van der Waals surface area (Å²) in [5.74, 6) is -1.44. The Morgan fingerprint density at radius 3 is 2.09 bits per heavy atom. The minimum atomic E-state index is -0.653. The standard InChI is InChI=1S/C23H36N4O6.C8H10N4O2.C7H8.C2H6/c1-16-7-5-12-25(16)22(31)17(2)24-21(30)18-8-3-4-11-27(18)23(32)19-9-6-13-26(19)20(29)10-14-33-15-28;9-7(13)5-11-8(14)12-6-1-3-10-4-2-6;1-7-5-3-2-4-6-7;1-2/h15-19H,3-14H2,1-2H3,(H,24,30);1-4H,5H2,(H2,9,13)(H2,10,11,12,14);2-6H,1H3;1-2H3. The Morgan fingerprint density at radius 2 is 1.50 bits per heavy atom. The van der Waals surface area contributed by atoms with E-state index in [1.165, 1.54) is 5.56 Å². The summed E-state index contributed by atoms with van der Waals surface area (Å²) in [5.41, 5.74) is 6.76. The second-order valence-electron chi connectivity index (χ2n) is 13.4. The van der Waals surface area contributed by atoms with Crippen molar-refractivity contribution in [3.63, 3.8) is 0 Å². The number of carbonyl (C=O) groups is 7. The Morgan fingerprint density at radius 1 is 0.875 bits per heavy atom. The Labute approximate surface area is 330 Å². The maximum absolute atomic E-state index is 13.4. The highest BCUT2D eigenvalue weighted by molar-refractivity contribution is 5.95. The van der Waals surface area contributed by atoms with Gasteiger partial charge in [-0.25, -0.2) is 4.79 Å². The highest BCUT2D eigenvalue weighted by atomic mass is 16.5. The summed E-state index contributed by atoms with van der Waals surface area (Å²) in [6.45, 7) is 11.5. The first-order chi connectivity index (χ1) is 26.9. The fourth-order valence-corrected chi connectivity index (χ4v) is 6.51. The first kappa shape index (κ1) is 46.6. The van der Waals surface area contributed by atoms with Gasteiger partial charge in [0.1, 0.15) is 18.1 Å². The number of pyridine rings is 1. The van der Waals surface area contributed by atoms with Crippen molar-refractivity contribution < 1.29 is 38.3 Å². The first-order valence-electron chi connectivity index (χ1n) is 19.4. The van der Waals surface area contributed by atoms with Crippen LogP contribution in [0.25, 0.3) is 0 Å². The summed E-state index contributed by atoms with van der Waals surface area (Å²) in [7, 11) is 0. The van der Waals surface area contributed by atoms with E-state index in [2.05, 4.69) is 44.7 Å². The molecule has 2 aromatic rings. The first-order valence-corrected chi connectivity index (χ1v) is 19.4. The Hall–Kier alpha value is -5.54. The minimum Gasteiger partial charge on any atom is -0.467 e. The number of primary amides is 1. The lowest BCUT2D eigenvalue weighted by Crippen LogP contribution is -2.59. The Bertz CT molecular complexity index is 1550. The number of ether oxygens (including phenoxy) is 1. The number of piperidine rings is 1. The lowest BCUT2D eigenvalue weighted by molar-refractivity contribution is -0.150. The molecule has 3 fully saturated rings. The SMILES string of the molecule is CC.CC(NC(=O)C1CCCCN1C(=O)C1CCCN1C(=O)CCOC=O)C(=O)N1CCCC1C.Cc1ccccc1.NC(=O)CNC(=O)Nc1ccncc1. The molecule has 4 heterocycles. The molecule has 0 spiro atoms. The van der Waals surface area contributed by atoms with Crippen molar-refractivity contribution in [2.45, 2.75) is 110 Å². The highest BCUT2D eigenvalue weighted by Crippen LogP contribution is 2.25. The average molecular weight is 781 g/mol. The molecule has 16 nitrogen and oxygen atoms in total. The van der Waals surface area contributed by atoms with Crippen LogP contribution in [-0.2, 0) is 33.5 Å². The van der Waals surface area contributed by atoms with Gasteiger partial charge in [-0.1, -0.05) is 49.7 Å². The zero-order chi connectivity index (χ0) is 41.5. The van der Waals surface area contributed by atoms with Crippen LogP contribution in [0.4, 0.5) is 10.5 Å². The number of amides is 7. The van der Waals surface area contributed by atoms with Gasteiger partial charge in [-0.15, -0.1) is 0 Å². The van der Waals surface area contributed by atoms with E-state index in [1.54, 1.807) is 41.2 Å². The summed E-state index contributed by atoms with van der Waals surface area (Å²) in [5, 5.41) is 7.62. The van der Waals surface area contributed by atoms with Crippen LogP contribution in [0.2, 0.25) is 0 Å². The largest absolute Gasteiger partial charge is 0.467 e. The van der Waals surface area contributed by atoms with E-state index >= 15 is 0 Å². The molecule has 0 radical (unpaired) electrons. The molecule has 56 heavy (non-hydrogen) atoms. The van der Waals surface area contributed by atoms with Gasteiger partial charge in [0.15, 0.2) is 0 Å². The van der Waals surface area contributed by atoms with Crippen molar-refractivity contribution in [2.24, 2.45) is 5.73 Å². The van der Waals surface area contributed by atoms with Gasteiger partial charge in [-0.2, -0.15) is 0 Å². The number of carbonyl (C=O) groups excluding carboxylic acids is 7. The molecule has 3 aliphatic rings. The van der Waals surface area contributed by atoms with Gasteiger partial charge in [0.05, 0.1) is 19.6 Å².